The quantitative estimate of drug-likeness (QED) is 0.646. The molecule has 15 heavy (non-hydrogen) atoms. The molecule has 0 atom stereocenters. The summed E-state index contributed by atoms with van der Waals surface area (Å²) in [4.78, 5) is 18.6. The van der Waals surface area contributed by atoms with Crippen LogP contribution in [0.4, 0.5) is 0 Å². The van der Waals surface area contributed by atoms with Gasteiger partial charge in [0.25, 0.3) is 0 Å². The molecule has 1 aromatic heterocycles. The van der Waals surface area contributed by atoms with E-state index in [1.54, 1.807) is 12.4 Å². The Morgan fingerprint density at radius 3 is 2.93 bits per heavy atom. The molecule has 0 aliphatic carbocycles. The van der Waals surface area contributed by atoms with Crippen LogP contribution in [-0.4, -0.2) is 22.4 Å². The van der Waals surface area contributed by atoms with Crippen molar-refractivity contribution in [2.75, 3.05) is 6.54 Å². The van der Waals surface area contributed by atoms with Crippen LogP contribution < -0.4 is 5.32 Å². The predicted molar refractivity (Wildman–Crippen MR) is 59.9 cm³/mol. The SMILES string of the molecule is CC(=O)NCCC#Cc1cnc(Br)cn1. The molecule has 1 aromatic rings. The number of carbonyl (C=O) groups is 1. The van der Waals surface area contributed by atoms with Crippen molar-refractivity contribution < 1.29 is 4.79 Å². The third-order valence-corrected chi connectivity index (χ3v) is 1.87. The topological polar surface area (TPSA) is 54.9 Å². The van der Waals surface area contributed by atoms with Gasteiger partial charge in [0.15, 0.2) is 0 Å². The molecule has 0 saturated carbocycles. The Bertz CT molecular complexity index is 391. The Kier molecular flexibility index (Phi) is 4.78. The summed E-state index contributed by atoms with van der Waals surface area (Å²) in [6.45, 7) is 2.04. The fourth-order valence-electron chi connectivity index (χ4n) is 0.831. The largest absolute Gasteiger partial charge is 0.355 e. The van der Waals surface area contributed by atoms with Crippen molar-refractivity contribution in [1.29, 1.82) is 0 Å². The Hall–Kier alpha value is -1.41. The minimum Gasteiger partial charge on any atom is -0.355 e. The second-order valence-electron chi connectivity index (χ2n) is 2.76. The lowest BCUT2D eigenvalue weighted by atomic mass is 10.3. The Morgan fingerprint density at radius 1 is 1.53 bits per heavy atom. The first kappa shape index (κ1) is 11.7. The van der Waals surface area contributed by atoms with Gasteiger partial charge in [-0.05, 0) is 21.9 Å². The van der Waals surface area contributed by atoms with Crippen molar-refractivity contribution in [2.45, 2.75) is 13.3 Å². The molecule has 0 unspecified atom stereocenters. The van der Waals surface area contributed by atoms with E-state index >= 15 is 0 Å². The Labute approximate surface area is 96.6 Å². The lowest BCUT2D eigenvalue weighted by molar-refractivity contribution is -0.118. The average Bonchev–Trinajstić information content (AvgIpc) is 2.20. The minimum atomic E-state index is -0.0415. The smallest absolute Gasteiger partial charge is 0.216 e. The first-order valence-electron chi connectivity index (χ1n) is 4.39. The molecule has 1 heterocycles. The fourth-order valence-corrected chi connectivity index (χ4v) is 1.04. The summed E-state index contributed by atoms with van der Waals surface area (Å²) in [6, 6.07) is 0. The fraction of sp³-hybridized carbons (Fsp3) is 0.300. The number of nitrogens with zero attached hydrogens (tertiary/aromatic N) is 2. The molecule has 0 radical (unpaired) electrons. The predicted octanol–water partition coefficient (Wildman–Crippen LogP) is 1.12. The number of hydrogen-bond acceptors (Lipinski definition) is 3. The first-order chi connectivity index (χ1) is 7.18. The van der Waals surface area contributed by atoms with Gasteiger partial charge in [0.2, 0.25) is 5.91 Å². The van der Waals surface area contributed by atoms with E-state index in [1.807, 2.05) is 0 Å². The summed E-state index contributed by atoms with van der Waals surface area (Å²) in [5.41, 5.74) is 0.626. The summed E-state index contributed by atoms with van der Waals surface area (Å²) in [7, 11) is 0. The number of hydrogen-bond donors (Lipinski definition) is 1. The normalized spacial score (nSPS) is 8.93. The van der Waals surface area contributed by atoms with E-state index in [0.29, 0.717) is 23.3 Å². The maximum Gasteiger partial charge on any atom is 0.216 e. The van der Waals surface area contributed by atoms with Crippen LogP contribution in [0.15, 0.2) is 17.0 Å². The van der Waals surface area contributed by atoms with Crippen molar-refractivity contribution in [1.82, 2.24) is 15.3 Å². The zero-order valence-corrected chi connectivity index (χ0v) is 9.84. The van der Waals surface area contributed by atoms with Crippen LogP contribution in [0, 0.1) is 11.8 Å². The van der Waals surface area contributed by atoms with Crippen LogP contribution in [-0.2, 0) is 4.79 Å². The average molecular weight is 268 g/mol. The van der Waals surface area contributed by atoms with Gasteiger partial charge in [-0.15, -0.1) is 0 Å². The third kappa shape index (κ3) is 5.13. The molecular weight excluding hydrogens is 258 g/mol. The van der Waals surface area contributed by atoms with E-state index in [2.05, 4.69) is 43.1 Å². The first-order valence-corrected chi connectivity index (χ1v) is 5.18. The molecule has 0 aromatic carbocycles. The summed E-state index contributed by atoms with van der Waals surface area (Å²) in [5, 5.41) is 2.66. The van der Waals surface area contributed by atoms with Crippen LogP contribution in [0.3, 0.4) is 0 Å². The molecule has 1 amide bonds. The highest BCUT2D eigenvalue weighted by molar-refractivity contribution is 9.10. The molecule has 0 fully saturated rings. The van der Waals surface area contributed by atoms with E-state index in [0.717, 1.165) is 0 Å². The number of aromatic nitrogens is 2. The monoisotopic (exact) mass is 267 g/mol. The van der Waals surface area contributed by atoms with E-state index < -0.39 is 0 Å². The van der Waals surface area contributed by atoms with Crippen molar-refractivity contribution in [3.63, 3.8) is 0 Å². The van der Waals surface area contributed by atoms with Crippen LogP contribution >= 0.6 is 15.9 Å². The summed E-state index contributed by atoms with van der Waals surface area (Å²) < 4.78 is 0.686. The maximum absolute atomic E-state index is 10.5. The highest BCUT2D eigenvalue weighted by Gasteiger charge is 1.90. The molecule has 0 aliphatic rings. The van der Waals surface area contributed by atoms with Crippen LogP contribution in [0.2, 0.25) is 0 Å². The number of nitrogens with one attached hydrogen (secondary N) is 1. The zero-order chi connectivity index (χ0) is 11.1. The number of halogens is 1. The molecule has 78 valence electrons. The van der Waals surface area contributed by atoms with Gasteiger partial charge >= 0.3 is 0 Å². The molecule has 5 heteroatoms. The van der Waals surface area contributed by atoms with Crippen LogP contribution in [0.25, 0.3) is 0 Å². The van der Waals surface area contributed by atoms with E-state index in [-0.39, 0.29) is 5.91 Å². The Balaban J connectivity index is 2.38. The van der Waals surface area contributed by atoms with Gasteiger partial charge in [-0.2, -0.15) is 0 Å². The van der Waals surface area contributed by atoms with Gasteiger partial charge in [-0.25, -0.2) is 9.97 Å². The number of rotatable bonds is 2. The van der Waals surface area contributed by atoms with Gasteiger partial charge in [0.1, 0.15) is 10.3 Å². The number of carbonyl (C=O) groups excluding carboxylic acids is 1. The van der Waals surface area contributed by atoms with Gasteiger partial charge in [0, 0.05) is 19.9 Å². The van der Waals surface area contributed by atoms with Gasteiger partial charge < -0.3 is 5.32 Å². The molecular formula is C10H10BrN3O. The molecule has 0 bridgehead atoms. The van der Waals surface area contributed by atoms with Crippen molar-refractivity contribution in [3.05, 3.63) is 22.7 Å². The lowest BCUT2D eigenvalue weighted by Gasteiger charge is -1.94. The second-order valence-corrected chi connectivity index (χ2v) is 3.57. The minimum absolute atomic E-state index is 0.0415. The number of amides is 1. The van der Waals surface area contributed by atoms with Gasteiger partial charge in [-0.3, -0.25) is 4.79 Å². The maximum atomic E-state index is 10.5. The van der Waals surface area contributed by atoms with E-state index in [1.165, 1.54) is 6.92 Å². The molecule has 0 spiro atoms. The molecule has 1 rings (SSSR count). The van der Waals surface area contributed by atoms with Gasteiger partial charge in [-0.1, -0.05) is 5.92 Å². The lowest BCUT2D eigenvalue weighted by Crippen LogP contribution is -2.20. The highest BCUT2D eigenvalue weighted by Crippen LogP contribution is 2.01. The van der Waals surface area contributed by atoms with Gasteiger partial charge in [0.05, 0.1) is 12.4 Å². The Morgan fingerprint density at radius 2 is 2.33 bits per heavy atom. The standard InChI is InChI=1S/C10H10BrN3O/c1-8(15)12-5-3-2-4-9-6-14-10(11)7-13-9/h6-7H,3,5H2,1H3,(H,12,15). The summed E-state index contributed by atoms with van der Waals surface area (Å²) in [5.74, 6) is 5.70. The van der Waals surface area contributed by atoms with Crippen molar-refractivity contribution in [2.24, 2.45) is 0 Å². The molecule has 0 aliphatic heterocycles. The molecule has 0 saturated heterocycles. The van der Waals surface area contributed by atoms with E-state index in [4.69, 9.17) is 0 Å². The molecule has 4 nitrogen and oxygen atoms in total. The summed E-state index contributed by atoms with van der Waals surface area (Å²) >= 11 is 3.19. The highest BCUT2D eigenvalue weighted by atomic mass is 79.9. The van der Waals surface area contributed by atoms with Crippen LogP contribution in [0.5, 0.6) is 0 Å². The third-order valence-electron chi connectivity index (χ3n) is 1.46. The summed E-state index contributed by atoms with van der Waals surface area (Å²) in [6.07, 6.45) is 3.80. The zero-order valence-electron chi connectivity index (χ0n) is 8.25. The van der Waals surface area contributed by atoms with E-state index in [9.17, 15) is 4.79 Å². The molecule has 1 N–H and O–H groups in total. The van der Waals surface area contributed by atoms with Crippen molar-refractivity contribution in [3.8, 4) is 11.8 Å². The van der Waals surface area contributed by atoms with Crippen LogP contribution in [0.1, 0.15) is 19.0 Å². The second kappa shape index (κ2) is 6.14. The van der Waals surface area contributed by atoms with Crippen molar-refractivity contribution >= 4 is 21.8 Å².